The lowest BCUT2D eigenvalue weighted by atomic mass is 10.1. The number of hydrogen-bond donors (Lipinski definition) is 1. The van der Waals surface area contributed by atoms with E-state index in [2.05, 4.69) is 9.47 Å². The van der Waals surface area contributed by atoms with Gasteiger partial charge in [0.1, 0.15) is 0 Å². The van der Waals surface area contributed by atoms with Gasteiger partial charge in [0.15, 0.2) is 5.92 Å². The summed E-state index contributed by atoms with van der Waals surface area (Å²) in [6.07, 6.45) is 4.11. The Morgan fingerprint density at radius 3 is 2.22 bits per heavy atom. The molecule has 0 aromatic rings. The van der Waals surface area contributed by atoms with Gasteiger partial charge in [0.2, 0.25) is 0 Å². The van der Waals surface area contributed by atoms with E-state index in [0.29, 0.717) is 6.42 Å². The smallest absolute Gasteiger partial charge is 0.320 e. The third-order valence-electron chi connectivity index (χ3n) is 2.88. The average Bonchev–Trinajstić information content (AvgIpc) is 3.12. The Balaban J connectivity index is 2.48. The van der Waals surface area contributed by atoms with Gasteiger partial charge in [-0.15, -0.1) is 0 Å². The molecule has 6 heteroatoms. The molecule has 1 saturated carbocycles. The molecule has 1 N–H and O–H groups in total. The molecule has 0 amide bonds. The summed E-state index contributed by atoms with van der Waals surface area (Å²) in [6, 6.07) is 0. The second-order valence-corrected chi connectivity index (χ2v) is 4.11. The maximum atomic E-state index is 11.3. The summed E-state index contributed by atoms with van der Waals surface area (Å²) in [6.45, 7) is 0. The molecule has 0 unspecified atom stereocenters. The molecule has 0 bridgehead atoms. The maximum absolute atomic E-state index is 11.3. The Morgan fingerprint density at radius 1 is 1.28 bits per heavy atom. The van der Waals surface area contributed by atoms with Crippen LogP contribution in [0.15, 0.2) is 12.2 Å². The summed E-state index contributed by atoms with van der Waals surface area (Å²) in [7, 11) is 2.40. The average molecular weight is 256 g/mol. The van der Waals surface area contributed by atoms with Gasteiger partial charge in [-0.2, -0.15) is 0 Å². The fraction of sp³-hybridized carbons (Fsp3) is 0.583. The summed E-state index contributed by atoms with van der Waals surface area (Å²) in [4.78, 5) is 33.2. The number of methoxy groups -OCH3 is 2. The summed E-state index contributed by atoms with van der Waals surface area (Å²) < 4.78 is 9.00. The number of ether oxygens (including phenoxy) is 2. The SMILES string of the molecule is COC(=O)C(C/C=C\[C@H]1C[C@H]1C(=O)O)C(=O)OC. The lowest BCUT2D eigenvalue weighted by Gasteiger charge is -2.09. The molecule has 0 saturated heterocycles. The van der Waals surface area contributed by atoms with Crippen molar-refractivity contribution in [1.29, 1.82) is 0 Å². The normalized spacial score (nSPS) is 21.9. The Labute approximate surface area is 105 Å². The van der Waals surface area contributed by atoms with Crippen LogP contribution >= 0.6 is 0 Å². The second kappa shape index (κ2) is 6.18. The molecule has 0 aromatic carbocycles. The molecule has 1 fully saturated rings. The number of aliphatic carboxylic acids is 1. The fourth-order valence-electron chi connectivity index (χ4n) is 1.67. The van der Waals surface area contributed by atoms with Crippen LogP contribution in [-0.4, -0.2) is 37.2 Å². The van der Waals surface area contributed by atoms with E-state index in [0.717, 1.165) is 0 Å². The fourth-order valence-corrected chi connectivity index (χ4v) is 1.67. The van der Waals surface area contributed by atoms with E-state index >= 15 is 0 Å². The first-order valence-electron chi connectivity index (χ1n) is 5.56. The van der Waals surface area contributed by atoms with Crippen molar-refractivity contribution in [3.63, 3.8) is 0 Å². The predicted octanol–water partition coefficient (Wildman–Crippen LogP) is 0.616. The zero-order valence-electron chi connectivity index (χ0n) is 10.3. The summed E-state index contributed by atoms with van der Waals surface area (Å²) >= 11 is 0. The molecular formula is C12H16O6. The third kappa shape index (κ3) is 3.58. The number of carboxylic acid groups (broad SMARTS) is 1. The molecule has 18 heavy (non-hydrogen) atoms. The van der Waals surface area contributed by atoms with E-state index in [4.69, 9.17) is 5.11 Å². The minimum Gasteiger partial charge on any atom is -0.481 e. The van der Waals surface area contributed by atoms with Crippen LogP contribution in [0.5, 0.6) is 0 Å². The molecule has 1 aliphatic rings. The van der Waals surface area contributed by atoms with Crippen LogP contribution in [0.2, 0.25) is 0 Å². The molecule has 0 aliphatic heterocycles. The van der Waals surface area contributed by atoms with E-state index in [1.54, 1.807) is 12.2 Å². The van der Waals surface area contributed by atoms with Gasteiger partial charge in [-0.3, -0.25) is 14.4 Å². The number of esters is 2. The number of carbonyl (C=O) groups is 3. The van der Waals surface area contributed by atoms with Crippen LogP contribution < -0.4 is 0 Å². The van der Waals surface area contributed by atoms with Gasteiger partial charge in [-0.25, -0.2) is 0 Å². The number of hydrogen-bond acceptors (Lipinski definition) is 5. The van der Waals surface area contributed by atoms with Gasteiger partial charge in [0.05, 0.1) is 20.1 Å². The summed E-state index contributed by atoms with van der Waals surface area (Å²) in [5.41, 5.74) is 0. The molecule has 6 nitrogen and oxygen atoms in total. The zero-order chi connectivity index (χ0) is 13.7. The van der Waals surface area contributed by atoms with Crippen LogP contribution in [0, 0.1) is 17.8 Å². The summed E-state index contributed by atoms with van der Waals surface area (Å²) in [5, 5.41) is 8.70. The lowest BCUT2D eigenvalue weighted by Crippen LogP contribution is -2.25. The molecular weight excluding hydrogens is 240 g/mol. The topological polar surface area (TPSA) is 89.9 Å². The monoisotopic (exact) mass is 256 g/mol. The Kier molecular flexibility index (Phi) is 4.88. The molecule has 1 rings (SSSR count). The van der Waals surface area contributed by atoms with Gasteiger partial charge >= 0.3 is 17.9 Å². The molecule has 0 spiro atoms. The number of carboxylic acids is 1. The maximum Gasteiger partial charge on any atom is 0.320 e. The van der Waals surface area contributed by atoms with Crippen molar-refractivity contribution in [3.8, 4) is 0 Å². The van der Waals surface area contributed by atoms with Gasteiger partial charge in [-0.1, -0.05) is 12.2 Å². The van der Waals surface area contributed by atoms with Crippen molar-refractivity contribution in [3.05, 3.63) is 12.2 Å². The Hall–Kier alpha value is -1.85. The highest BCUT2D eigenvalue weighted by Crippen LogP contribution is 2.39. The van der Waals surface area contributed by atoms with E-state index in [1.165, 1.54) is 14.2 Å². The van der Waals surface area contributed by atoms with Gasteiger partial charge < -0.3 is 14.6 Å². The Morgan fingerprint density at radius 2 is 1.83 bits per heavy atom. The first kappa shape index (κ1) is 14.2. The van der Waals surface area contributed by atoms with Crippen LogP contribution in [0.4, 0.5) is 0 Å². The van der Waals surface area contributed by atoms with E-state index < -0.39 is 23.8 Å². The first-order chi connectivity index (χ1) is 8.51. The molecule has 0 heterocycles. The molecule has 1 aliphatic carbocycles. The molecule has 2 atom stereocenters. The van der Waals surface area contributed by atoms with E-state index in [-0.39, 0.29) is 18.3 Å². The first-order valence-corrected chi connectivity index (χ1v) is 5.56. The van der Waals surface area contributed by atoms with Crippen molar-refractivity contribution in [2.45, 2.75) is 12.8 Å². The Bertz CT molecular complexity index is 357. The number of carbonyl (C=O) groups excluding carboxylic acids is 2. The molecule has 0 aromatic heterocycles. The minimum absolute atomic E-state index is 0.00144. The van der Waals surface area contributed by atoms with Crippen molar-refractivity contribution < 1.29 is 29.0 Å². The van der Waals surface area contributed by atoms with Crippen LogP contribution in [0.3, 0.4) is 0 Å². The van der Waals surface area contributed by atoms with E-state index in [1.807, 2.05) is 0 Å². The highest BCUT2D eigenvalue weighted by molar-refractivity contribution is 5.94. The minimum atomic E-state index is -0.988. The third-order valence-corrected chi connectivity index (χ3v) is 2.88. The standard InChI is InChI=1S/C12H16O6/c1-17-11(15)8(12(16)18-2)5-3-4-7-6-9(7)10(13)14/h3-4,7-9H,5-6H2,1-2H3,(H,13,14)/b4-3-/t7-,9+/m0/s1. The molecule has 0 radical (unpaired) electrons. The largest absolute Gasteiger partial charge is 0.481 e. The van der Waals surface area contributed by atoms with E-state index in [9.17, 15) is 14.4 Å². The molecule has 100 valence electrons. The quantitative estimate of drug-likeness (QED) is 0.425. The number of allylic oxidation sites excluding steroid dienone is 2. The van der Waals surface area contributed by atoms with Gasteiger partial charge in [0.25, 0.3) is 0 Å². The van der Waals surface area contributed by atoms with Crippen LogP contribution in [0.1, 0.15) is 12.8 Å². The van der Waals surface area contributed by atoms with Gasteiger partial charge in [0, 0.05) is 0 Å². The lowest BCUT2D eigenvalue weighted by molar-refractivity contribution is -0.158. The van der Waals surface area contributed by atoms with Crippen molar-refractivity contribution in [2.75, 3.05) is 14.2 Å². The highest BCUT2D eigenvalue weighted by Gasteiger charge is 2.41. The predicted molar refractivity (Wildman–Crippen MR) is 60.5 cm³/mol. The van der Waals surface area contributed by atoms with Crippen LogP contribution in [0.25, 0.3) is 0 Å². The van der Waals surface area contributed by atoms with Crippen molar-refractivity contribution >= 4 is 17.9 Å². The van der Waals surface area contributed by atoms with Crippen LogP contribution in [-0.2, 0) is 23.9 Å². The highest BCUT2D eigenvalue weighted by atomic mass is 16.5. The zero-order valence-corrected chi connectivity index (χ0v) is 10.3. The van der Waals surface area contributed by atoms with Gasteiger partial charge in [-0.05, 0) is 18.8 Å². The second-order valence-electron chi connectivity index (χ2n) is 4.11. The van der Waals surface area contributed by atoms with Crippen molar-refractivity contribution in [2.24, 2.45) is 17.8 Å². The summed E-state index contributed by atoms with van der Waals surface area (Å²) in [5.74, 6) is -3.45. The van der Waals surface area contributed by atoms with Crippen molar-refractivity contribution in [1.82, 2.24) is 0 Å². The number of rotatable bonds is 6.